The molecule has 0 N–H and O–H groups in total. The molecule has 2 aliphatic rings. The van der Waals surface area contributed by atoms with Crippen LogP contribution in [0.2, 0.25) is 0 Å². The number of hydrogen-bond donors (Lipinski definition) is 0. The van der Waals surface area contributed by atoms with Crippen molar-refractivity contribution in [1.29, 1.82) is 5.26 Å². The summed E-state index contributed by atoms with van der Waals surface area (Å²) in [5.41, 5.74) is 0. The molecule has 0 aromatic rings. The fraction of sp³-hybridized carbons (Fsp3) is 0.857. The van der Waals surface area contributed by atoms with Crippen LogP contribution in [0.15, 0.2) is 0 Å². The van der Waals surface area contributed by atoms with Crippen LogP contribution in [0.25, 0.3) is 0 Å². The standard InChI is InChI=1S/C14H22N2O/c15-11-13-8-5-9-16(13)14(17)10-12-6-3-1-2-4-7-12/h12-13H,1-10H2. The van der Waals surface area contributed by atoms with Crippen molar-refractivity contribution in [2.24, 2.45) is 5.92 Å². The van der Waals surface area contributed by atoms with E-state index in [0.29, 0.717) is 12.3 Å². The van der Waals surface area contributed by atoms with Crippen molar-refractivity contribution in [2.45, 2.75) is 63.8 Å². The van der Waals surface area contributed by atoms with Crippen molar-refractivity contribution in [1.82, 2.24) is 4.90 Å². The average molecular weight is 234 g/mol. The van der Waals surface area contributed by atoms with E-state index >= 15 is 0 Å². The van der Waals surface area contributed by atoms with Crippen molar-refractivity contribution >= 4 is 5.91 Å². The van der Waals surface area contributed by atoms with Crippen LogP contribution in [0.1, 0.15) is 57.8 Å². The molecule has 1 unspecified atom stereocenters. The minimum atomic E-state index is -0.145. The second kappa shape index (κ2) is 6.05. The Morgan fingerprint density at radius 2 is 1.82 bits per heavy atom. The van der Waals surface area contributed by atoms with Crippen LogP contribution in [-0.2, 0) is 4.79 Å². The molecule has 0 spiro atoms. The van der Waals surface area contributed by atoms with Crippen LogP contribution in [0.5, 0.6) is 0 Å². The Morgan fingerprint density at radius 3 is 2.47 bits per heavy atom. The highest BCUT2D eigenvalue weighted by atomic mass is 16.2. The number of likely N-dealkylation sites (tertiary alicyclic amines) is 1. The molecule has 1 atom stereocenters. The molecule has 2 rings (SSSR count). The van der Waals surface area contributed by atoms with E-state index < -0.39 is 0 Å². The summed E-state index contributed by atoms with van der Waals surface area (Å²) in [5.74, 6) is 0.797. The van der Waals surface area contributed by atoms with Gasteiger partial charge in [-0.15, -0.1) is 0 Å². The van der Waals surface area contributed by atoms with Gasteiger partial charge in [-0.3, -0.25) is 4.79 Å². The fourth-order valence-electron chi connectivity index (χ4n) is 3.13. The van der Waals surface area contributed by atoms with Crippen molar-refractivity contribution < 1.29 is 4.79 Å². The van der Waals surface area contributed by atoms with Crippen molar-refractivity contribution in [3.8, 4) is 6.07 Å². The number of amides is 1. The molecule has 0 radical (unpaired) electrons. The average Bonchev–Trinajstić information content (AvgIpc) is 2.68. The van der Waals surface area contributed by atoms with E-state index in [1.807, 2.05) is 4.90 Å². The van der Waals surface area contributed by atoms with E-state index in [1.54, 1.807) is 0 Å². The molecule has 0 aromatic heterocycles. The Labute approximate surface area is 104 Å². The third-order valence-electron chi connectivity index (χ3n) is 4.16. The maximum absolute atomic E-state index is 12.2. The maximum Gasteiger partial charge on any atom is 0.223 e. The predicted octanol–water partition coefficient (Wildman–Crippen LogP) is 2.86. The van der Waals surface area contributed by atoms with Crippen LogP contribution < -0.4 is 0 Å². The first-order valence-corrected chi connectivity index (χ1v) is 7.00. The predicted molar refractivity (Wildman–Crippen MR) is 66.2 cm³/mol. The minimum absolute atomic E-state index is 0.145. The molecule has 1 aliphatic heterocycles. The topological polar surface area (TPSA) is 44.1 Å². The first-order valence-electron chi connectivity index (χ1n) is 7.00. The first-order chi connectivity index (χ1) is 8.31. The lowest BCUT2D eigenvalue weighted by atomic mass is 9.96. The summed E-state index contributed by atoms with van der Waals surface area (Å²) in [6.45, 7) is 0.795. The second-order valence-electron chi connectivity index (χ2n) is 5.44. The molecule has 3 heteroatoms. The van der Waals surface area contributed by atoms with Crippen LogP contribution in [0, 0.1) is 17.2 Å². The zero-order valence-electron chi connectivity index (χ0n) is 10.5. The summed E-state index contributed by atoms with van der Waals surface area (Å²) in [6.07, 6.45) is 10.2. The number of carbonyl (C=O) groups is 1. The SMILES string of the molecule is N#CC1CCCN1C(=O)CC1CCCCCC1. The molecular weight excluding hydrogens is 212 g/mol. The lowest BCUT2D eigenvalue weighted by molar-refractivity contribution is -0.132. The van der Waals surface area contributed by atoms with Gasteiger partial charge in [0.15, 0.2) is 0 Å². The van der Waals surface area contributed by atoms with E-state index in [0.717, 1.165) is 19.4 Å². The third kappa shape index (κ3) is 3.21. The van der Waals surface area contributed by atoms with Gasteiger partial charge < -0.3 is 4.90 Å². The zero-order chi connectivity index (χ0) is 12.1. The number of nitriles is 1. The molecule has 1 heterocycles. The highest BCUT2D eigenvalue weighted by Gasteiger charge is 2.29. The van der Waals surface area contributed by atoms with Gasteiger partial charge in [0.25, 0.3) is 0 Å². The Bertz CT molecular complexity index is 300. The smallest absolute Gasteiger partial charge is 0.223 e. The van der Waals surface area contributed by atoms with Gasteiger partial charge >= 0.3 is 0 Å². The number of rotatable bonds is 2. The summed E-state index contributed by atoms with van der Waals surface area (Å²) in [7, 11) is 0. The second-order valence-corrected chi connectivity index (χ2v) is 5.44. The van der Waals surface area contributed by atoms with E-state index in [1.165, 1.54) is 38.5 Å². The molecule has 0 bridgehead atoms. The van der Waals surface area contributed by atoms with Gasteiger partial charge in [0.2, 0.25) is 5.91 Å². The Kier molecular flexibility index (Phi) is 4.42. The lowest BCUT2D eigenvalue weighted by Crippen LogP contribution is -2.35. The summed E-state index contributed by atoms with van der Waals surface area (Å²) >= 11 is 0. The van der Waals surface area contributed by atoms with Crippen molar-refractivity contribution in [3.63, 3.8) is 0 Å². The molecule has 1 aliphatic carbocycles. The van der Waals surface area contributed by atoms with Gasteiger partial charge in [-0.1, -0.05) is 25.7 Å². The Morgan fingerprint density at radius 1 is 1.12 bits per heavy atom. The van der Waals surface area contributed by atoms with Crippen LogP contribution in [0.4, 0.5) is 0 Å². The summed E-state index contributed by atoms with van der Waals surface area (Å²) < 4.78 is 0. The van der Waals surface area contributed by atoms with Gasteiger partial charge in [0, 0.05) is 13.0 Å². The minimum Gasteiger partial charge on any atom is -0.327 e. The summed E-state index contributed by atoms with van der Waals surface area (Å²) in [4.78, 5) is 14.0. The molecule has 1 saturated heterocycles. The van der Waals surface area contributed by atoms with E-state index in [2.05, 4.69) is 6.07 Å². The third-order valence-corrected chi connectivity index (χ3v) is 4.16. The molecule has 0 aromatic carbocycles. The van der Waals surface area contributed by atoms with Crippen LogP contribution >= 0.6 is 0 Å². The van der Waals surface area contributed by atoms with Crippen LogP contribution in [0.3, 0.4) is 0 Å². The molecule has 1 saturated carbocycles. The Hall–Kier alpha value is -1.04. The van der Waals surface area contributed by atoms with Gasteiger partial charge in [-0.25, -0.2) is 0 Å². The monoisotopic (exact) mass is 234 g/mol. The van der Waals surface area contributed by atoms with Gasteiger partial charge in [0.05, 0.1) is 6.07 Å². The molecule has 94 valence electrons. The summed E-state index contributed by atoms with van der Waals surface area (Å²) in [5, 5.41) is 8.99. The highest BCUT2D eigenvalue weighted by Crippen LogP contribution is 2.27. The number of nitrogens with zero attached hydrogens (tertiary/aromatic N) is 2. The van der Waals surface area contributed by atoms with E-state index in [9.17, 15) is 4.79 Å². The highest BCUT2D eigenvalue weighted by molar-refractivity contribution is 5.77. The molecular formula is C14H22N2O. The van der Waals surface area contributed by atoms with Gasteiger partial charge in [-0.2, -0.15) is 5.26 Å². The molecule has 1 amide bonds. The zero-order valence-corrected chi connectivity index (χ0v) is 10.5. The first kappa shape index (κ1) is 12.4. The van der Waals surface area contributed by atoms with E-state index in [-0.39, 0.29) is 11.9 Å². The van der Waals surface area contributed by atoms with Crippen LogP contribution in [-0.4, -0.2) is 23.4 Å². The van der Waals surface area contributed by atoms with Gasteiger partial charge in [0.1, 0.15) is 6.04 Å². The summed E-state index contributed by atoms with van der Waals surface area (Å²) in [6, 6.07) is 2.10. The molecule has 3 nitrogen and oxygen atoms in total. The number of carbonyl (C=O) groups excluding carboxylic acids is 1. The molecule has 17 heavy (non-hydrogen) atoms. The largest absolute Gasteiger partial charge is 0.327 e. The Balaban J connectivity index is 1.85. The molecule has 2 fully saturated rings. The van der Waals surface area contributed by atoms with Gasteiger partial charge in [-0.05, 0) is 31.6 Å². The van der Waals surface area contributed by atoms with E-state index in [4.69, 9.17) is 5.26 Å². The van der Waals surface area contributed by atoms with Crippen molar-refractivity contribution in [3.05, 3.63) is 0 Å². The normalized spacial score (nSPS) is 26.5. The van der Waals surface area contributed by atoms with Crippen molar-refractivity contribution in [2.75, 3.05) is 6.54 Å². The lowest BCUT2D eigenvalue weighted by Gasteiger charge is -2.22. The fourth-order valence-corrected chi connectivity index (χ4v) is 3.13. The quantitative estimate of drug-likeness (QED) is 0.690. The maximum atomic E-state index is 12.2. The number of hydrogen-bond acceptors (Lipinski definition) is 2.